The molecule has 1 fully saturated rings. The van der Waals surface area contributed by atoms with Crippen LogP contribution in [0.1, 0.15) is 26.7 Å². The Hall–Kier alpha value is -0.770. The Kier molecular flexibility index (Phi) is 4.20. The second-order valence-corrected chi connectivity index (χ2v) is 4.34. The van der Waals surface area contributed by atoms with Gasteiger partial charge < -0.3 is 16.4 Å². The van der Waals surface area contributed by atoms with Gasteiger partial charge in [-0.2, -0.15) is 0 Å². The summed E-state index contributed by atoms with van der Waals surface area (Å²) >= 11 is 0. The van der Waals surface area contributed by atoms with E-state index in [4.69, 9.17) is 11.5 Å². The van der Waals surface area contributed by atoms with Gasteiger partial charge in [-0.15, -0.1) is 0 Å². The molecule has 0 aliphatic carbocycles. The van der Waals surface area contributed by atoms with Crippen molar-refractivity contribution in [2.75, 3.05) is 19.6 Å². The summed E-state index contributed by atoms with van der Waals surface area (Å²) < 4.78 is 0. The number of rotatable bonds is 4. The molecule has 4 nitrogen and oxygen atoms in total. The van der Waals surface area contributed by atoms with Gasteiger partial charge in [0.2, 0.25) is 0 Å². The fourth-order valence-corrected chi connectivity index (χ4v) is 2.18. The molecule has 2 atom stereocenters. The van der Waals surface area contributed by atoms with E-state index in [0.29, 0.717) is 0 Å². The Balaban J connectivity index is 2.16. The Labute approximate surface area is 86.4 Å². The molecule has 0 aromatic rings. The molecule has 1 saturated heterocycles. The summed E-state index contributed by atoms with van der Waals surface area (Å²) in [5.41, 5.74) is 10.5. The normalized spacial score (nSPS) is 27.9. The number of nitrogens with zero attached hydrogens (tertiary/aromatic N) is 2. The molecule has 0 aromatic heterocycles. The van der Waals surface area contributed by atoms with Gasteiger partial charge in [-0.05, 0) is 25.7 Å². The molecular weight excluding hydrogens is 176 g/mol. The van der Waals surface area contributed by atoms with E-state index in [1.54, 1.807) is 0 Å². The van der Waals surface area contributed by atoms with Crippen LogP contribution in [0.3, 0.4) is 0 Å². The molecule has 1 aliphatic heterocycles. The van der Waals surface area contributed by atoms with Crippen LogP contribution in [-0.2, 0) is 0 Å². The highest BCUT2D eigenvalue weighted by Gasteiger charge is 2.24. The minimum atomic E-state index is 0.202. The summed E-state index contributed by atoms with van der Waals surface area (Å²) in [6, 6.07) is 0.726. The van der Waals surface area contributed by atoms with Crippen molar-refractivity contribution in [1.82, 2.24) is 4.90 Å². The van der Waals surface area contributed by atoms with Gasteiger partial charge in [0.25, 0.3) is 0 Å². The third-order valence-electron chi connectivity index (χ3n) is 2.81. The first kappa shape index (κ1) is 11.3. The molecule has 0 bridgehead atoms. The Morgan fingerprint density at radius 2 is 2.14 bits per heavy atom. The van der Waals surface area contributed by atoms with Gasteiger partial charge in [-0.25, -0.2) is 0 Å². The molecule has 0 saturated carbocycles. The average Bonchev–Trinajstić information content (AvgIpc) is 2.39. The molecule has 0 aromatic carbocycles. The standard InChI is InChI=1S/C10H22N4/c1-8-6-9(2)14(7-8)5-3-4-13-10(11)12/h8-9H,3-7H2,1-2H3,(H4,11,12,13). The van der Waals surface area contributed by atoms with Crippen LogP contribution in [0.4, 0.5) is 0 Å². The maximum Gasteiger partial charge on any atom is 0.185 e. The van der Waals surface area contributed by atoms with Crippen molar-refractivity contribution >= 4 is 5.96 Å². The molecule has 0 spiro atoms. The average molecular weight is 198 g/mol. The third kappa shape index (κ3) is 3.54. The van der Waals surface area contributed by atoms with Gasteiger partial charge in [0.05, 0.1) is 0 Å². The summed E-state index contributed by atoms with van der Waals surface area (Å²) in [5.74, 6) is 1.04. The first-order valence-electron chi connectivity index (χ1n) is 5.39. The summed E-state index contributed by atoms with van der Waals surface area (Å²) in [7, 11) is 0. The highest BCUT2D eigenvalue weighted by molar-refractivity contribution is 5.75. The number of guanidine groups is 1. The van der Waals surface area contributed by atoms with Crippen LogP contribution in [0.25, 0.3) is 0 Å². The molecule has 1 heterocycles. The zero-order chi connectivity index (χ0) is 10.6. The van der Waals surface area contributed by atoms with Crippen molar-refractivity contribution < 1.29 is 0 Å². The largest absolute Gasteiger partial charge is 0.370 e. The Bertz CT molecular complexity index is 198. The summed E-state index contributed by atoms with van der Waals surface area (Å²) in [5, 5.41) is 0. The van der Waals surface area contributed by atoms with Crippen LogP contribution < -0.4 is 11.5 Å². The molecule has 82 valence electrons. The van der Waals surface area contributed by atoms with E-state index >= 15 is 0 Å². The number of aliphatic imine (C=N–C) groups is 1. The molecule has 14 heavy (non-hydrogen) atoms. The van der Waals surface area contributed by atoms with Crippen LogP contribution >= 0.6 is 0 Å². The predicted molar refractivity (Wildman–Crippen MR) is 60.1 cm³/mol. The van der Waals surface area contributed by atoms with Crippen molar-refractivity contribution in [3.63, 3.8) is 0 Å². The lowest BCUT2D eigenvalue weighted by molar-refractivity contribution is 0.263. The van der Waals surface area contributed by atoms with Crippen molar-refractivity contribution in [3.8, 4) is 0 Å². The van der Waals surface area contributed by atoms with Gasteiger partial charge >= 0.3 is 0 Å². The van der Waals surface area contributed by atoms with E-state index in [2.05, 4.69) is 23.7 Å². The first-order chi connectivity index (χ1) is 6.59. The van der Waals surface area contributed by atoms with E-state index < -0.39 is 0 Å². The van der Waals surface area contributed by atoms with E-state index in [1.807, 2.05) is 0 Å². The molecule has 4 N–H and O–H groups in total. The van der Waals surface area contributed by atoms with Gasteiger partial charge in [-0.1, -0.05) is 6.92 Å². The summed E-state index contributed by atoms with van der Waals surface area (Å²) in [6.07, 6.45) is 2.37. The van der Waals surface area contributed by atoms with E-state index in [1.165, 1.54) is 13.0 Å². The van der Waals surface area contributed by atoms with Crippen molar-refractivity contribution in [2.24, 2.45) is 22.4 Å². The van der Waals surface area contributed by atoms with E-state index in [9.17, 15) is 0 Å². The van der Waals surface area contributed by atoms with E-state index in [-0.39, 0.29) is 5.96 Å². The van der Waals surface area contributed by atoms with Gasteiger partial charge in [0.15, 0.2) is 5.96 Å². The van der Waals surface area contributed by atoms with Crippen LogP contribution in [0.15, 0.2) is 4.99 Å². The quantitative estimate of drug-likeness (QED) is 0.390. The minimum absolute atomic E-state index is 0.202. The van der Waals surface area contributed by atoms with Crippen LogP contribution in [-0.4, -0.2) is 36.5 Å². The van der Waals surface area contributed by atoms with Gasteiger partial charge in [-0.3, -0.25) is 4.99 Å². The van der Waals surface area contributed by atoms with Crippen molar-refractivity contribution in [2.45, 2.75) is 32.7 Å². The highest BCUT2D eigenvalue weighted by atomic mass is 15.2. The zero-order valence-corrected chi connectivity index (χ0v) is 9.24. The Morgan fingerprint density at radius 1 is 1.43 bits per heavy atom. The molecule has 4 heteroatoms. The summed E-state index contributed by atoms with van der Waals surface area (Å²) in [4.78, 5) is 6.50. The van der Waals surface area contributed by atoms with Crippen molar-refractivity contribution in [3.05, 3.63) is 0 Å². The molecule has 1 rings (SSSR count). The second kappa shape index (κ2) is 5.20. The van der Waals surface area contributed by atoms with E-state index in [0.717, 1.165) is 31.5 Å². The third-order valence-corrected chi connectivity index (χ3v) is 2.81. The lowest BCUT2D eigenvalue weighted by Crippen LogP contribution is -2.29. The van der Waals surface area contributed by atoms with Gasteiger partial charge in [0.1, 0.15) is 0 Å². The van der Waals surface area contributed by atoms with Crippen LogP contribution in [0.5, 0.6) is 0 Å². The monoisotopic (exact) mass is 198 g/mol. The minimum Gasteiger partial charge on any atom is -0.370 e. The molecular formula is C10H22N4. The fourth-order valence-electron chi connectivity index (χ4n) is 2.18. The zero-order valence-electron chi connectivity index (χ0n) is 9.24. The number of hydrogen-bond donors (Lipinski definition) is 2. The van der Waals surface area contributed by atoms with Crippen LogP contribution in [0, 0.1) is 5.92 Å². The maximum atomic E-state index is 5.25. The molecule has 1 aliphatic rings. The molecule has 2 unspecified atom stereocenters. The fraction of sp³-hybridized carbons (Fsp3) is 0.900. The topological polar surface area (TPSA) is 67.6 Å². The Morgan fingerprint density at radius 3 is 2.64 bits per heavy atom. The molecule has 0 amide bonds. The number of hydrogen-bond acceptors (Lipinski definition) is 2. The summed E-state index contributed by atoms with van der Waals surface area (Å²) in [6.45, 7) is 7.70. The van der Waals surface area contributed by atoms with Gasteiger partial charge in [0, 0.05) is 25.7 Å². The smallest absolute Gasteiger partial charge is 0.185 e. The molecule has 0 radical (unpaired) electrons. The first-order valence-corrected chi connectivity index (χ1v) is 5.39. The SMILES string of the molecule is CC1CC(C)N(CCCN=C(N)N)C1. The van der Waals surface area contributed by atoms with Crippen LogP contribution in [0.2, 0.25) is 0 Å². The second-order valence-electron chi connectivity index (χ2n) is 4.34. The predicted octanol–water partition coefficient (Wildman–Crippen LogP) is 0.380. The maximum absolute atomic E-state index is 5.25. The highest BCUT2D eigenvalue weighted by Crippen LogP contribution is 2.21. The lowest BCUT2D eigenvalue weighted by atomic mass is 10.1. The van der Waals surface area contributed by atoms with Crippen molar-refractivity contribution in [1.29, 1.82) is 0 Å². The number of likely N-dealkylation sites (tertiary alicyclic amines) is 1. The number of nitrogens with two attached hydrogens (primary N) is 2. The lowest BCUT2D eigenvalue weighted by Gasteiger charge is -2.20.